The first-order valence-corrected chi connectivity index (χ1v) is 9.71. The molecular weight excluding hydrogens is 402 g/mol. The van der Waals surface area contributed by atoms with Crippen LogP contribution in [0.25, 0.3) is 0 Å². The quantitative estimate of drug-likeness (QED) is 0.704. The van der Waals surface area contributed by atoms with Gasteiger partial charge in [-0.3, -0.25) is 9.59 Å². The normalized spacial score (nSPS) is 12.0. The van der Waals surface area contributed by atoms with Crippen molar-refractivity contribution in [3.05, 3.63) is 69.5 Å². The molecule has 1 unspecified atom stereocenters. The number of rotatable bonds is 7. The van der Waals surface area contributed by atoms with Crippen molar-refractivity contribution in [1.82, 2.24) is 10.2 Å². The number of benzene rings is 2. The van der Waals surface area contributed by atoms with Gasteiger partial charge in [-0.05, 0) is 44.5 Å². The van der Waals surface area contributed by atoms with Crippen LogP contribution < -0.4 is 5.32 Å². The number of nitrogens with one attached hydrogen (secondary N) is 1. The number of amides is 2. The van der Waals surface area contributed by atoms with Crippen LogP contribution in [0, 0.1) is 5.82 Å². The van der Waals surface area contributed by atoms with Crippen molar-refractivity contribution >= 4 is 35.0 Å². The molecule has 4 nitrogen and oxygen atoms in total. The van der Waals surface area contributed by atoms with Crippen LogP contribution >= 0.6 is 23.2 Å². The number of hydrogen-bond acceptors (Lipinski definition) is 2. The summed E-state index contributed by atoms with van der Waals surface area (Å²) in [5.74, 6) is -1.07. The van der Waals surface area contributed by atoms with Crippen LogP contribution in [0.2, 0.25) is 10.0 Å². The summed E-state index contributed by atoms with van der Waals surface area (Å²) in [6, 6.07) is 10.2. The molecule has 0 heterocycles. The molecule has 0 aliphatic rings. The Hall–Kier alpha value is -2.11. The fourth-order valence-electron chi connectivity index (χ4n) is 2.73. The van der Waals surface area contributed by atoms with Gasteiger partial charge in [-0.15, -0.1) is 0 Å². The molecule has 7 heteroatoms. The van der Waals surface area contributed by atoms with Crippen LogP contribution in [0.1, 0.15) is 31.9 Å². The molecular formula is C21H23Cl2FN2O2. The largest absolute Gasteiger partial charge is 0.352 e. The minimum atomic E-state index is -0.777. The molecule has 2 aromatic carbocycles. The Kier molecular flexibility index (Phi) is 7.84. The van der Waals surface area contributed by atoms with Gasteiger partial charge in [0.1, 0.15) is 11.9 Å². The maximum atomic E-state index is 14.1. The topological polar surface area (TPSA) is 49.4 Å². The summed E-state index contributed by atoms with van der Waals surface area (Å²) >= 11 is 12.1. The van der Waals surface area contributed by atoms with Crippen molar-refractivity contribution in [2.24, 2.45) is 0 Å². The zero-order chi connectivity index (χ0) is 20.8. The van der Waals surface area contributed by atoms with E-state index in [1.54, 1.807) is 43.3 Å². The first kappa shape index (κ1) is 22.2. The second-order valence-electron chi connectivity index (χ2n) is 6.86. The summed E-state index contributed by atoms with van der Waals surface area (Å²) in [6.45, 7) is 5.27. The lowest BCUT2D eigenvalue weighted by Gasteiger charge is -2.29. The third-order valence-corrected chi connectivity index (χ3v) is 4.84. The van der Waals surface area contributed by atoms with E-state index in [-0.39, 0.29) is 30.8 Å². The van der Waals surface area contributed by atoms with Gasteiger partial charge in [-0.2, -0.15) is 0 Å². The van der Waals surface area contributed by atoms with Crippen LogP contribution in [0.3, 0.4) is 0 Å². The Morgan fingerprint density at radius 3 is 2.36 bits per heavy atom. The zero-order valence-electron chi connectivity index (χ0n) is 16.0. The fourth-order valence-corrected chi connectivity index (χ4v) is 3.20. The summed E-state index contributed by atoms with van der Waals surface area (Å²) in [6.07, 6.45) is -0.0241. The number of carbonyl (C=O) groups is 2. The van der Waals surface area contributed by atoms with Crippen molar-refractivity contribution in [2.45, 2.75) is 45.8 Å². The van der Waals surface area contributed by atoms with Gasteiger partial charge < -0.3 is 10.2 Å². The van der Waals surface area contributed by atoms with Gasteiger partial charge in [-0.25, -0.2) is 4.39 Å². The van der Waals surface area contributed by atoms with Gasteiger partial charge in [0.05, 0.1) is 6.42 Å². The van der Waals surface area contributed by atoms with E-state index in [1.807, 2.05) is 13.8 Å². The van der Waals surface area contributed by atoms with E-state index in [4.69, 9.17) is 23.2 Å². The number of halogens is 3. The molecule has 2 rings (SSSR count). The molecule has 1 N–H and O–H groups in total. The molecule has 2 amide bonds. The molecule has 150 valence electrons. The lowest BCUT2D eigenvalue weighted by atomic mass is 10.1. The second-order valence-corrected chi connectivity index (χ2v) is 7.71. The Balaban J connectivity index is 2.29. The highest BCUT2D eigenvalue weighted by Crippen LogP contribution is 2.23. The highest BCUT2D eigenvalue weighted by atomic mass is 35.5. The van der Waals surface area contributed by atoms with Gasteiger partial charge in [0.25, 0.3) is 0 Å². The monoisotopic (exact) mass is 424 g/mol. The summed E-state index contributed by atoms with van der Waals surface area (Å²) < 4.78 is 14.1. The van der Waals surface area contributed by atoms with Crippen LogP contribution in [0.4, 0.5) is 4.39 Å². The molecule has 1 atom stereocenters. The number of nitrogens with zero attached hydrogens (tertiary/aromatic N) is 1. The lowest BCUT2D eigenvalue weighted by Crippen LogP contribution is -2.49. The first-order valence-electron chi connectivity index (χ1n) is 8.96. The van der Waals surface area contributed by atoms with Crippen molar-refractivity contribution < 1.29 is 14.0 Å². The van der Waals surface area contributed by atoms with E-state index in [0.717, 1.165) is 0 Å². The molecule has 28 heavy (non-hydrogen) atoms. The number of hydrogen-bond donors (Lipinski definition) is 1. The maximum absolute atomic E-state index is 14.1. The van der Waals surface area contributed by atoms with Gasteiger partial charge in [0.15, 0.2) is 0 Å². The fraction of sp³-hybridized carbons (Fsp3) is 0.333. The van der Waals surface area contributed by atoms with Crippen LogP contribution in [-0.4, -0.2) is 28.8 Å². The molecule has 0 aromatic heterocycles. The summed E-state index contributed by atoms with van der Waals surface area (Å²) in [5, 5.41) is 3.62. The molecule has 0 saturated carbocycles. The Labute approximate surface area is 174 Å². The minimum Gasteiger partial charge on any atom is -0.352 e. The summed E-state index contributed by atoms with van der Waals surface area (Å²) in [4.78, 5) is 26.9. The Morgan fingerprint density at radius 2 is 1.75 bits per heavy atom. The van der Waals surface area contributed by atoms with Crippen molar-refractivity contribution in [2.75, 3.05) is 0 Å². The highest BCUT2D eigenvalue weighted by Gasteiger charge is 2.27. The average molecular weight is 425 g/mol. The van der Waals surface area contributed by atoms with Gasteiger partial charge in [-0.1, -0.05) is 47.5 Å². The predicted octanol–water partition coefficient (Wildman–Crippen LogP) is 4.62. The summed E-state index contributed by atoms with van der Waals surface area (Å²) in [7, 11) is 0. The van der Waals surface area contributed by atoms with E-state index in [0.29, 0.717) is 21.2 Å². The smallest absolute Gasteiger partial charge is 0.242 e. The van der Waals surface area contributed by atoms with Gasteiger partial charge in [0.2, 0.25) is 11.8 Å². The van der Waals surface area contributed by atoms with E-state index in [1.165, 1.54) is 11.0 Å². The predicted molar refractivity (Wildman–Crippen MR) is 110 cm³/mol. The molecule has 0 aliphatic carbocycles. The second kappa shape index (κ2) is 9.89. The lowest BCUT2D eigenvalue weighted by molar-refractivity contribution is -0.140. The van der Waals surface area contributed by atoms with Crippen molar-refractivity contribution in [3.8, 4) is 0 Å². The SMILES string of the molecule is CC(C)NC(=O)C(C)N(Cc1ccccc1F)C(=O)Cc1ccc(Cl)cc1Cl. The third-order valence-electron chi connectivity index (χ3n) is 4.25. The molecule has 0 fully saturated rings. The molecule has 0 aliphatic heterocycles. The van der Waals surface area contributed by atoms with E-state index >= 15 is 0 Å². The third kappa shape index (κ3) is 5.94. The van der Waals surface area contributed by atoms with Gasteiger partial charge >= 0.3 is 0 Å². The zero-order valence-corrected chi connectivity index (χ0v) is 17.5. The average Bonchev–Trinajstić information content (AvgIpc) is 2.62. The standard InChI is InChI=1S/C21H23Cl2FN2O2/c1-13(2)25-21(28)14(3)26(12-16-6-4-5-7-19(16)24)20(27)10-15-8-9-17(22)11-18(15)23/h4-9,11,13-14H,10,12H2,1-3H3,(H,25,28). The van der Waals surface area contributed by atoms with E-state index < -0.39 is 11.9 Å². The first-order chi connectivity index (χ1) is 13.2. The Bertz CT molecular complexity index is 858. The molecule has 0 saturated heterocycles. The van der Waals surface area contributed by atoms with Crippen LogP contribution in [-0.2, 0) is 22.6 Å². The summed E-state index contributed by atoms with van der Waals surface area (Å²) in [5.41, 5.74) is 0.924. The Morgan fingerprint density at radius 1 is 1.07 bits per heavy atom. The van der Waals surface area contributed by atoms with Crippen LogP contribution in [0.5, 0.6) is 0 Å². The molecule has 0 bridgehead atoms. The van der Waals surface area contributed by atoms with Gasteiger partial charge in [0, 0.05) is 28.2 Å². The van der Waals surface area contributed by atoms with Crippen molar-refractivity contribution in [1.29, 1.82) is 0 Å². The minimum absolute atomic E-state index is 0.0241. The van der Waals surface area contributed by atoms with E-state index in [2.05, 4.69) is 5.32 Å². The molecule has 2 aromatic rings. The maximum Gasteiger partial charge on any atom is 0.242 e. The molecule has 0 spiro atoms. The van der Waals surface area contributed by atoms with E-state index in [9.17, 15) is 14.0 Å². The highest BCUT2D eigenvalue weighted by molar-refractivity contribution is 6.35. The number of carbonyl (C=O) groups excluding carboxylic acids is 2. The molecule has 0 radical (unpaired) electrons. The van der Waals surface area contributed by atoms with Crippen molar-refractivity contribution in [3.63, 3.8) is 0 Å². The van der Waals surface area contributed by atoms with Crippen LogP contribution in [0.15, 0.2) is 42.5 Å².